The molecular formula is C20H21N5O3. The highest BCUT2D eigenvalue weighted by atomic mass is 16.5. The van der Waals surface area contributed by atoms with Crippen molar-refractivity contribution in [1.29, 1.82) is 0 Å². The zero-order valence-electron chi connectivity index (χ0n) is 15.6. The predicted molar refractivity (Wildman–Crippen MR) is 102 cm³/mol. The maximum absolute atomic E-state index is 12.8. The number of carbonyl (C=O) groups excluding carboxylic acids is 1. The summed E-state index contributed by atoms with van der Waals surface area (Å²) >= 11 is 0. The summed E-state index contributed by atoms with van der Waals surface area (Å²) in [5.74, 6) is 0.600. The van der Waals surface area contributed by atoms with Gasteiger partial charge in [-0.25, -0.2) is 9.67 Å². The van der Waals surface area contributed by atoms with Crippen molar-refractivity contribution in [3.63, 3.8) is 0 Å². The number of nitrogens with zero attached hydrogens (tertiary/aromatic N) is 3. The quantitative estimate of drug-likeness (QED) is 0.714. The van der Waals surface area contributed by atoms with Crippen LogP contribution in [0, 0.1) is 6.92 Å². The normalized spacial score (nSPS) is 21.2. The first-order chi connectivity index (χ1) is 13.6. The lowest BCUT2D eigenvalue weighted by Crippen LogP contribution is -2.44. The third-order valence-electron chi connectivity index (χ3n) is 5.53. The molecule has 1 saturated heterocycles. The van der Waals surface area contributed by atoms with Gasteiger partial charge in [0.15, 0.2) is 0 Å². The third-order valence-corrected chi connectivity index (χ3v) is 5.53. The number of aromatic nitrogens is 4. The lowest BCUT2D eigenvalue weighted by Gasteiger charge is -2.21. The molecule has 2 unspecified atom stereocenters. The van der Waals surface area contributed by atoms with E-state index in [0.29, 0.717) is 18.8 Å². The Labute approximate surface area is 160 Å². The topological polar surface area (TPSA) is 102 Å². The van der Waals surface area contributed by atoms with Crippen LogP contribution in [0.5, 0.6) is 0 Å². The number of amides is 1. The molecule has 2 N–H and O–H groups in total. The minimum Gasteiger partial charge on any atom is -0.377 e. The first-order valence-electron chi connectivity index (χ1n) is 9.55. The molecule has 2 atom stereocenters. The molecule has 0 bridgehead atoms. The molecule has 2 aliphatic rings. The van der Waals surface area contributed by atoms with E-state index >= 15 is 0 Å². The molecule has 1 fully saturated rings. The van der Waals surface area contributed by atoms with Gasteiger partial charge in [0.25, 0.3) is 11.5 Å². The van der Waals surface area contributed by atoms with E-state index in [4.69, 9.17) is 4.74 Å². The van der Waals surface area contributed by atoms with Crippen LogP contribution in [0.25, 0.3) is 11.0 Å². The SMILES string of the molecule is Cc1nc2ccc(C(=O)NC3COCC3n3nc4c(cc3=O)CCC4)cc2[nH]1. The van der Waals surface area contributed by atoms with E-state index in [1.54, 1.807) is 18.2 Å². The van der Waals surface area contributed by atoms with Crippen molar-refractivity contribution in [3.05, 3.63) is 57.3 Å². The van der Waals surface area contributed by atoms with Crippen LogP contribution < -0.4 is 10.9 Å². The molecule has 2 aromatic heterocycles. The van der Waals surface area contributed by atoms with E-state index in [9.17, 15) is 9.59 Å². The highest BCUT2D eigenvalue weighted by molar-refractivity contribution is 5.97. The number of fused-ring (bicyclic) bond motifs is 2. The van der Waals surface area contributed by atoms with Crippen LogP contribution in [-0.4, -0.2) is 44.9 Å². The first-order valence-corrected chi connectivity index (χ1v) is 9.55. The molecule has 3 aromatic rings. The second-order valence-corrected chi connectivity index (χ2v) is 7.49. The predicted octanol–water partition coefficient (Wildman–Crippen LogP) is 1.29. The Bertz CT molecular complexity index is 1130. The van der Waals surface area contributed by atoms with Crippen LogP contribution in [0.1, 0.15) is 39.9 Å². The van der Waals surface area contributed by atoms with Gasteiger partial charge in [-0.3, -0.25) is 9.59 Å². The van der Waals surface area contributed by atoms with Gasteiger partial charge in [0.2, 0.25) is 0 Å². The molecule has 1 aliphatic heterocycles. The van der Waals surface area contributed by atoms with Gasteiger partial charge in [-0.05, 0) is 49.9 Å². The molecular weight excluding hydrogens is 358 g/mol. The van der Waals surface area contributed by atoms with Gasteiger partial charge in [0, 0.05) is 11.6 Å². The second-order valence-electron chi connectivity index (χ2n) is 7.49. The Morgan fingerprint density at radius 2 is 2.18 bits per heavy atom. The van der Waals surface area contributed by atoms with Crippen molar-refractivity contribution in [2.24, 2.45) is 0 Å². The van der Waals surface area contributed by atoms with Crippen molar-refractivity contribution < 1.29 is 9.53 Å². The summed E-state index contributed by atoms with van der Waals surface area (Å²) in [5.41, 5.74) is 4.08. The number of ether oxygens (including phenoxy) is 1. The molecule has 3 heterocycles. The second kappa shape index (κ2) is 6.56. The Morgan fingerprint density at radius 3 is 3.07 bits per heavy atom. The van der Waals surface area contributed by atoms with Crippen LogP contribution in [0.4, 0.5) is 0 Å². The summed E-state index contributed by atoms with van der Waals surface area (Å²) in [6, 6.07) is 6.43. The summed E-state index contributed by atoms with van der Waals surface area (Å²) < 4.78 is 7.07. The van der Waals surface area contributed by atoms with Crippen LogP contribution in [0.3, 0.4) is 0 Å². The molecule has 144 valence electrons. The first kappa shape index (κ1) is 17.1. The number of hydrogen-bond donors (Lipinski definition) is 2. The monoisotopic (exact) mass is 379 g/mol. The summed E-state index contributed by atoms with van der Waals surface area (Å²) in [5, 5.41) is 7.58. The molecule has 28 heavy (non-hydrogen) atoms. The van der Waals surface area contributed by atoms with E-state index in [0.717, 1.165) is 47.4 Å². The molecule has 1 aliphatic carbocycles. The minimum absolute atomic E-state index is 0.134. The Morgan fingerprint density at radius 1 is 1.29 bits per heavy atom. The van der Waals surface area contributed by atoms with Crippen molar-refractivity contribution in [2.75, 3.05) is 13.2 Å². The van der Waals surface area contributed by atoms with Crippen LogP contribution >= 0.6 is 0 Å². The minimum atomic E-state index is -0.309. The number of nitrogens with one attached hydrogen (secondary N) is 2. The van der Waals surface area contributed by atoms with E-state index in [1.165, 1.54) is 4.68 Å². The van der Waals surface area contributed by atoms with Gasteiger partial charge in [-0.1, -0.05) is 0 Å². The highest BCUT2D eigenvalue weighted by Gasteiger charge is 2.33. The van der Waals surface area contributed by atoms with Crippen molar-refractivity contribution in [2.45, 2.75) is 38.3 Å². The highest BCUT2D eigenvalue weighted by Crippen LogP contribution is 2.22. The van der Waals surface area contributed by atoms with Gasteiger partial charge >= 0.3 is 0 Å². The number of benzene rings is 1. The number of rotatable bonds is 3. The van der Waals surface area contributed by atoms with Crippen LogP contribution in [0.2, 0.25) is 0 Å². The molecule has 8 heteroatoms. The van der Waals surface area contributed by atoms with E-state index in [2.05, 4.69) is 20.4 Å². The van der Waals surface area contributed by atoms with E-state index in [1.807, 2.05) is 13.0 Å². The zero-order chi connectivity index (χ0) is 19.3. The molecule has 1 aromatic carbocycles. The molecule has 5 rings (SSSR count). The van der Waals surface area contributed by atoms with Crippen molar-refractivity contribution in [1.82, 2.24) is 25.1 Å². The molecule has 8 nitrogen and oxygen atoms in total. The van der Waals surface area contributed by atoms with Gasteiger partial charge in [-0.15, -0.1) is 0 Å². The fourth-order valence-electron chi connectivity index (χ4n) is 4.10. The standard InChI is InChI=1S/C20H21N5O3/c1-11-21-15-6-5-13(7-16(15)22-11)20(27)23-17-9-28-10-18(17)25-19(26)8-12-3-2-4-14(12)24-25/h5-8,17-18H,2-4,9-10H2,1H3,(H,21,22)(H,23,27). The number of hydrogen-bond acceptors (Lipinski definition) is 5. The Balaban J connectivity index is 1.39. The average molecular weight is 379 g/mol. The summed E-state index contributed by atoms with van der Waals surface area (Å²) in [7, 11) is 0. The molecule has 0 spiro atoms. The average Bonchev–Trinajstić information content (AvgIpc) is 3.38. The van der Waals surface area contributed by atoms with Crippen molar-refractivity contribution >= 4 is 16.9 Å². The van der Waals surface area contributed by atoms with Gasteiger partial charge < -0.3 is 15.0 Å². The fraction of sp³-hybridized carbons (Fsp3) is 0.400. The summed E-state index contributed by atoms with van der Waals surface area (Å²) in [6.45, 7) is 2.59. The molecule has 0 radical (unpaired) electrons. The number of aryl methyl sites for hydroxylation is 3. The lowest BCUT2D eigenvalue weighted by atomic mass is 10.1. The number of H-pyrrole nitrogens is 1. The molecule has 0 saturated carbocycles. The Hall–Kier alpha value is -3.00. The van der Waals surface area contributed by atoms with Gasteiger partial charge in [-0.2, -0.15) is 5.10 Å². The largest absolute Gasteiger partial charge is 0.377 e. The third kappa shape index (κ3) is 2.90. The van der Waals surface area contributed by atoms with Gasteiger partial charge in [0.1, 0.15) is 11.9 Å². The Kier molecular flexibility index (Phi) is 4.01. The molecule has 1 amide bonds. The smallest absolute Gasteiger partial charge is 0.267 e. The number of aromatic amines is 1. The van der Waals surface area contributed by atoms with Crippen LogP contribution in [-0.2, 0) is 17.6 Å². The maximum atomic E-state index is 12.8. The lowest BCUT2D eigenvalue weighted by molar-refractivity contribution is 0.0924. The summed E-state index contributed by atoms with van der Waals surface area (Å²) in [6.07, 6.45) is 2.84. The number of carbonyl (C=O) groups is 1. The zero-order valence-corrected chi connectivity index (χ0v) is 15.6. The summed E-state index contributed by atoms with van der Waals surface area (Å²) in [4.78, 5) is 32.8. The van der Waals surface area contributed by atoms with E-state index < -0.39 is 0 Å². The van der Waals surface area contributed by atoms with Crippen LogP contribution in [0.15, 0.2) is 29.1 Å². The number of imidazole rings is 1. The maximum Gasteiger partial charge on any atom is 0.267 e. The van der Waals surface area contributed by atoms with Gasteiger partial charge in [0.05, 0.1) is 36.0 Å². The van der Waals surface area contributed by atoms with Crippen molar-refractivity contribution in [3.8, 4) is 0 Å². The fourth-order valence-corrected chi connectivity index (χ4v) is 4.10. The van der Waals surface area contributed by atoms with E-state index in [-0.39, 0.29) is 23.6 Å².